The normalized spacial score (nSPS) is 14.0. The average Bonchev–Trinajstić information content (AvgIpc) is 2.76. The number of hydrogen-bond donors (Lipinski definition) is 2. The van der Waals surface area contributed by atoms with Crippen molar-refractivity contribution in [1.29, 1.82) is 0 Å². The van der Waals surface area contributed by atoms with Crippen LogP contribution in [0.25, 0.3) is 0 Å². The summed E-state index contributed by atoms with van der Waals surface area (Å²) < 4.78 is 32.5. The maximum atomic E-state index is 13.9. The lowest BCUT2D eigenvalue weighted by Crippen LogP contribution is -2.30. The molecule has 2 aromatic carbocycles. The number of carbonyl (C=O) groups is 1. The number of amides is 1. The second kappa shape index (κ2) is 9.80. The first-order valence-corrected chi connectivity index (χ1v) is 10.5. The molecule has 2 heterocycles. The van der Waals surface area contributed by atoms with Crippen molar-refractivity contribution in [3.8, 4) is 17.6 Å². The quantitative estimate of drug-likeness (QED) is 0.572. The van der Waals surface area contributed by atoms with E-state index in [1.807, 2.05) is 0 Å². The van der Waals surface area contributed by atoms with Gasteiger partial charge in [-0.1, -0.05) is 24.0 Å². The summed E-state index contributed by atoms with van der Waals surface area (Å²) in [7, 11) is 0. The number of carbonyl (C=O) groups excluding carboxylic acids is 1. The van der Waals surface area contributed by atoms with Crippen LogP contribution in [0.15, 0.2) is 54.6 Å². The number of nitrogens with zero attached hydrogens (tertiary/aromatic N) is 1. The molecule has 3 aromatic rings. The molecule has 1 aromatic heterocycles. The SMILES string of the molecule is Cc1cc(C#CCC2COC2)cc(C(=O)NC(c2ccc(F)cc2)c2cc(F)ccc2O)n1. The molecule has 1 unspecified atom stereocenters. The van der Waals surface area contributed by atoms with Crippen molar-refractivity contribution in [3.63, 3.8) is 0 Å². The number of nitrogens with one attached hydrogen (secondary N) is 1. The molecular formula is C26H22F2N2O3. The summed E-state index contributed by atoms with van der Waals surface area (Å²) in [6, 6.07) is 11.3. The van der Waals surface area contributed by atoms with Gasteiger partial charge in [-0.2, -0.15) is 0 Å². The monoisotopic (exact) mass is 448 g/mol. The number of benzene rings is 2. The molecule has 168 valence electrons. The molecule has 1 aliphatic rings. The van der Waals surface area contributed by atoms with Crippen LogP contribution >= 0.6 is 0 Å². The lowest BCUT2D eigenvalue weighted by molar-refractivity contribution is -0.0289. The Hall–Kier alpha value is -3.76. The zero-order chi connectivity index (χ0) is 23.4. The lowest BCUT2D eigenvalue weighted by Gasteiger charge is -2.23. The predicted molar refractivity (Wildman–Crippen MR) is 119 cm³/mol. The molecule has 1 amide bonds. The number of aromatic hydroxyl groups is 1. The smallest absolute Gasteiger partial charge is 0.270 e. The molecule has 0 saturated carbocycles. The number of rotatable bonds is 5. The third-order valence-corrected chi connectivity index (χ3v) is 5.30. The average molecular weight is 448 g/mol. The van der Waals surface area contributed by atoms with Crippen molar-refractivity contribution >= 4 is 5.91 Å². The van der Waals surface area contributed by atoms with Crippen LogP contribution in [0.2, 0.25) is 0 Å². The number of phenols is 1. The van der Waals surface area contributed by atoms with Crippen molar-refractivity contribution in [2.45, 2.75) is 19.4 Å². The Balaban J connectivity index is 1.62. The maximum Gasteiger partial charge on any atom is 0.270 e. The standard InChI is InChI=1S/C26H22F2N2O3/c1-16-11-17(3-2-4-18-14-33-15-18)12-23(29-16)26(32)30-25(19-5-7-20(27)8-6-19)22-13-21(28)9-10-24(22)31/h5-13,18,25,31H,4,14-15H2,1H3,(H,30,32). The minimum absolute atomic E-state index is 0.134. The van der Waals surface area contributed by atoms with Gasteiger partial charge in [0, 0.05) is 29.2 Å². The first kappa shape index (κ1) is 22.4. The largest absolute Gasteiger partial charge is 0.508 e. The van der Waals surface area contributed by atoms with Crippen molar-refractivity contribution in [3.05, 3.63) is 94.3 Å². The molecule has 33 heavy (non-hydrogen) atoms. The molecule has 0 spiro atoms. The highest BCUT2D eigenvalue weighted by atomic mass is 19.1. The molecule has 5 nitrogen and oxygen atoms in total. The molecule has 4 rings (SSSR count). The van der Waals surface area contributed by atoms with E-state index in [1.165, 1.54) is 30.3 Å². The van der Waals surface area contributed by atoms with E-state index in [0.717, 1.165) is 25.3 Å². The molecule has 7 heteroatoms. The van der Waals surface area contributed by atoms with Gasteiger partial charge in [-0.15, -0.1) is 0 Å². The number of phenolic OH excluding ortho intramolecular Hbond substituents is 1. The van der Waals surface area contributed by atoms with Crippen LogP contribution in [-0.2, 0) is 4.74 Å². The molecule has 0 bridgehead atoms. The van der Waals surface area contributed by atoms with Gasteiger partial charge in [0.05, 0.1) is 19.3 Å². The van der Waals surface area contributed by atoms with Crippen LogP contribution in [0.5, 0.6) is 5.75 Å². The minimum Gasteiger partial charge on any atom is -0.508 e. The van der Waals surface area contributed by atoms with E-state index in [9.17, 15) is 18.7 Å². The van der Waals surface area contributed by atoms with Crippen molar-refractivity contribution < 1.29 is 23.4 Å². The van der Waals surface area contributed by atoms with Crippen LogP contribution in [0.1, 0.15) is 45.3 Å². The summed E-state index contributed by atoms with van der Waals surface area (Å²) >= 11 is 0. The van der Waals surface area contributed by atoms with Gasteiger partial charge in [-0.3, -0.25) is 4.79 Å². The zero-order valence-electron chi connectivity index (χ0n) is 17.9. The third-order valence-electron chi connectivity index (χ3n) is 5.30. The second-order valence-electron chi connectivity index (χ2n) is 7.95. The third kappa shape index (κ3) is 5.54. The number of ether oxygens (including phenoxy) is 1. The highest BCUT2D eigenvalue weighted by Gasteiger charge is 2.23. The first-order valence-electron chi connectivity index (χ1n) is 10.5. The van der Waals surface area contributed by atoms with Gasteiger partial charge < -0.3 is 15.2 Å². The zero-order valence-corrected chi connectivity index (χ0v) is 17.9. The lowest BCUT2D eigenvalue weighted by atomic mass is 9.97. The fourth-order valence-electron chi connectivity index (χ4n) is 3.51. The highest BCUT2D eigenvalue weighted by Crippen LogP contribution is 2.30. The van der Waals surface area contributed by atoms with Crippen LogP contribution < -0.4 is 5.32 Å². The van der Waals surface area contributed by atoms with Gasteiger partial charge >= 0.3 is 0 Å². The first-order chi connectivity index (χ1) is 15.9. The van der Waals surface area contributed by atoms with Gasteiger partial charge in [0.15, 0.2) is 0 Å². The molecular weight excluding hydrogens is 426 g/mol. The van der Waals surface area contributed by atoms with Gasteiger partial charge in [0.1, 0.15) is 23.1 Å². The Labute approximate surface area is 190 Å². The molecule has 2 N–H and O–H groups in total. The molecule has 0 radical (unpaired) electrons. The van der Waals surface area contributed by atoms with Crippen LogP contribution in [0, 0.1) is 36.3 Å². The van der Waals surface area contributed by atoms with Crippen molar-refractivity contribution in [1.82, 2.24) is 10.3 Å². The second-order valence-corrected chi connectivity index (χ2v) is 7.95. The summed E-state index contributed by atoms with van der Waals surface area (Å²) in [5, 5.41) is 13.1. The number of halogens is 2. The molecule has 1 aliphatic heterocycles. The van der Waals surface area contributed by atoms with Crippen LogP contribution in [-0.4, -0.2) is 29.2 Å². The topological polar surface area (TPSA) is 71.5 Å². The summed E-state index contributed by atoms with van der Waals surface area (Å²) in [6.07, 6.45) is 0.717. The Kier molecular flexibility index (Phi) is 6.66. The van der Waals surface area contributed by atoms with E-state index in [0.29, 0.717) is 29.2 Å². The molecule has 1 fully saturated rings. The molecule has 1 atom stereocenters. The summed E-state index contributed by atoms with van der Waals surface area (Å²) in [5.74, 6) is 4.85. The fraction of sp³-hybridized carbons (Fsp3) is 0.231. The van der Waals surface area contributed by atoms with Crippen LogP contribution in [0.3, 0.4) is 0 Å². The Morgan fingerprint density at radius 1 is 1.15 bits per heavy atom. The Morgan fingerprint density at radius 3 is 2.58 bits per heavy atom. The molecule has 1 saturated heterocycles. The van der Waals surface area contributed by atoms with Gasteiger partial charge in [0.2, 0.25) is 0 Å². The Bertz CT molecular complexity index is 1230. The van der Waals surface area contributed by atoms with Crippen molar-refractivity contribution in [2.75, 3.05) is 13.2 Å². The van der Waals surface area contributed by atoms with Gasteiger partial charge in [0.25, 0.3) is 5.91 Å². The number of aryl methyl sites for hydroxylation is 1. The van der Waals surface area contributed by atoms with E-state index >= 15 is 0 Å². The number of pyridine rings is 1. The van der Waals surface area contributed by atoms with E-state index in [-0.39, 0.29) is 17.0 Å². The minimum atomic E-state index is -0.927. The highest BCUT2D eigenvalue weighted by molar-refractivity contribution is 5.93. The Morgan fingerprint density at radius 2 is 1.88 bits per heavy atom. The number of aromatic nitrogens is 1. The van der Waals surface area contributed by atoms with Crippen molar-refractivity contribution in [2.24, 2.45) is 5.92 Å². The summed E-state index contributed by atoms with van der Waals surface area (Å²) in [6.45, 7) is 3.20. The maximum absolute atomic E-state index is 13.9. The fourth-order valence-corrected chi connectivity index (χ4v) is 3.51. The molecule has 0 aliphatic carbocycles. The van der Waals surface area contributed by atoms with Gasteiger partial charge in [-0.25, -0.2) is 13.8 Å². The van der Waals surface area contributed by atoms with Gasteiger partial charge in [-0.05, 0) is 55.0 Å². The van der Waals surface area contributed by atoms with E-state index < -0.39 is 23.6 Å². The predicted octanol–water partition coefficient (Wildman–Crippen LogP) is 4.28. The van der Waals surface area contributed by atoms with Crippen LogP contribution in [0.4, 0.5) is 8.78 Å². The van der Waals surface area contributed by atoms with E-state index in [4.69, 9.17) is 4.74 Å². The summed E-state index contributed by atoms with van der Waals surface area (Å²) in [5.41, 5.74) is 2.02. The summed E-state index contributed by atoms with van der Waals surface area (Å²) in [4.78, 5) is 17.4. The number of hydrogen-bond acceptors (Lipinski definition) is 4. The van der Waals surface area contributed by atoms with E-state index in [2.05, 4.69) is 22.1 Å². The van der Waals surface area contributed by atoms with E-state index in [1.54, 1.807) is 19.1 Å².